The van der Waals surface area contributed by atoms with Gasteiger partial charge in [0.15, 0.2) is 6.61 Å². The largest absolute Gasteiger partial charge is 0.455 e. The Bertz CT molecular complexity index is 717. The summed E-state index contributed by atoms with van der Waals surface area (Å²) in [6.07, 6.45) is 5.73. The average molecular weight is 443 g/mol. The van der Waals surface area contributed by atoms with E-state index in [9.17, 15) is 9.59 Å². The Morgan fingerprint density at radius 3 is 2.55 bits per heavy atom. The number of ether oxygens (including phenoxy) is 2. The minimum absolute atomic E-state index is 0.000990. The van der Waals surface area contributed by atoms with Crippen molar-refractivity contribution in [2.45, 2.75) is 44.1 Å². The Morgan fingerprint density at radius 2 is 1.86 bits per heavy atom. The summed E-state index contributed by atoms with van der Waals surface area (Å²) in [4.78, 5) is 26.8. The van der Waals surface area contributed by atoms with Crippen LogP contribution in [-0.2, 0) is 25.5 Å². The summed E-state index contributed by atoms with van der Waals surface area (Å²) in [5, 5.41) is 3.90. The van der Waals surface area contributed by atoms with Gasteiger partial charge >= 0.3 is 5.97 Å². The third-order valence-electron chi connectivity index (χ3n) is 5.79. The summed E-state index contributed by atoms with van der Waals surface area (Å²) >= 11 is 11.9. The monoisotopic (exact) mass is 442 g/mol. The summed E-state index contributed by atoms with van der Waals surface area (Å²) in [7, 11) is 0. The van der Waals surface area contributed by atoms with Crippen LogP contribution in [-0.4, -0.2) is 61.8 Å². The van der Waals surface area contributed by atoms with Crippen molar-refractivity contribution in [2.75, 3.05) is 39.5 Å². The second kappa shape index (κ2) is 10.6. The molecule has 29 heavy (non-hydrogen) atoms. The van der Waals surface area contributed by atoms with Crippen LogP contribution in [0, 0.1) is 0 Å². The van der Waals surface area contributed by atoms with E-state index >= 15 is 0 Å². The maximum absolute atomic E-state index is 12.3. The van der Waals surface area contributed by atoms with E-state index in [4.69, 9.17) is 32.7 Å². The Hall–Kier alpha value is -1.34. The number of rotatable bonds is 7. The summed E-state index contributed by atoms with van der Waals surface area (Å²) in [5.74, 6) is -0.774. The molecular formula is C21H28Cl2N2O4. The van der Waals surface area contributed by atoms with Crippen molar-refractivity contribution < 1.29 is 19.1 Å². The smallest absolute Gasteiger partial charge is 0.310 e. The highest BCUT2D eigenvalue weighted by Gasteiger charge is 2.38. The minimum Gasteiger partial charge on any atom is -0.455 e. The molecule has 0 bridgehead atoms. The van der Waals surface area contributed by atoms with E-state index in [0.29, 0.717) is 22.2 Å². The molecule has 1 saturated carbocycles. The Kier molecular flexibility index (Phi) is 8.18. The van der Waals surface area contributed by atoms with Crippen molar-refractivity contribution >= 4 is 35.1 Å². The Balaban J connectivity index is 1.47. The van der Waals surface area contributed by atoms with E-state index in [-0.39, 0.29) is 24.5 Å². The van der Waals surface area contributed by atoms with Crippen LogP contribution in [0.4, 0.5) is 0 Å². The maximum Gasteiger partial charge on any atom is 0.310 e. The summed E-state index contributed by atoms with van der Waals surface area (Å²) in [5.41, 5.74) is 0.605. The van der Waals surface area contributed by atoms with Gasteiger partial charge in [-0.05, 0) is 30.5 Å². The van der Waals surface area contributed by atoms with Crippen LogP contribution in [0.15, 0.2) is 18.2 Å². The molecule has 1 aliphatic carbocycles. The van der Waals surface area contributed by atoms with Crippen LogP contribution in [0.3, 0.4) is 0 Å². The highest BCUT2D eigenvalue weighted by atomic mass is 35.5. The van der Waals surface area contributed by atoms with E-state index < -0.39 is 5.97 Å². The summed E-state index contributed by atoms with van der Waals surface area (Å²) in [6.45, 7) is 3.55. The SMILES string of the molecule is O=C(COC(=O)Cc1ccc(Cl)cc1Cl)NCC1(N2CCOCC2)CCCCC1. The fraction of sp³-hybridized carbons (Fsp3) is 0.619. The predicted octanol–water partition coefficient (Wildman–Crippen LogP) is 3.23. The van der Waals surface area contributed by atoms with E-state index in [1.165, 1.54) is 19.3 Å². The predicted molar refractivity (Wildman–Crippen MR) is 112 cm³/mol. The number of esters is 1. The second-order valence-corrected chi connectivity index (χ2v) is 8.58. The number of hydrogen-bond donors (Lipinski definition) is 1. The lowest BCUT2D eigenvalue weighted by Gasteiger charge is -2.48. The van der Waals surface area contributed by atoms with Crippen molar-refractivity contribution in [1.29, 1.82) is 0 Å². The molecule has 0 unspecified atom stereocenters. The van der Waals surface area contributed by atoms with Gasteiger partial charge in [0.25, 0.3) is 5.91 Å². The molecule has 1 N–H and O–H groups in total. The first-order valence-electron chi connectivity index (χ1n) is 10.2. The molecule has 160 valence electrons. The zero-order chi connectivity index (χ0) is 20.7. The lowest BCUT2D eigenvalue weighted by molar-refractivity contribution is -0.148. The molecule has 2 aliphatic rings. The van der Waals surface area contributed by atoms with Gasteiger partial charge in [0, 0.05) is 35.2 Å². The van der Waals surface area contributed by atoms with Gasteiger partial charge < -0.3 is 14.8 Å². The van der Waals surface area contributed by atoms with Crippen LogP contribution < -0.4 is 5.32 Å². The molecule has 3 rings (SSSR count). The number of halogens is 2. The fourth-order valence-electron chi connectivity index (χ4n) is 4.18. The molecule has 2 fully saturated rings. The molecule has 0 atom stereocenters. The summed E-state index contributed by atoms with van der Waals surface area (Å²) < 4.78 is 10.6. The van der Waals surface area contributed by atoms with Crippen LogP contribution in [0.5, 0.6) is 0 Å². The van der Waals surface area contributed by atoms with Crippen molar-refractivity contribution in [2.24, 2.45) is 0 Å². The average Bonchev–Trinajstić information content (AvgIpc) is 2.74. The standard InChI is InChI=1S/C21H28Cl2N2O4/c22-17-5-4-16(18(23)13-17)12-20(27)29-14-19(26)24-15-21(6-2-1-3-7-21)25-8-10-28-11-9-25/h4-5,13H,1-3,6-12,14-15H2,(H,24,26). The molecule has 1 heterocycles. The normalized spacial score (nSPS) is 19.5. The Morgan fingerprint density at radius 1 is 1.14 bits per heavy atom. The zero-order valence-corrected chi connectivity index (χ0v) is 18.1. The number of nitrogens with zero attached hydrogens (tertiary/aromatic N) is 1. The van der Waals surface area contributed by atoms with Crippen molar-refractivity contribution in [3.63, 3.8) is 0 Å². The highest BCUT2D eigenvalue weighted by molar-refractivity contribution is 6.35. The molecule has 0 spiro atoms. The second-order valence-electron chi connectivity index (χ2n) is 7.73. The van der Waals surface area contributed by atoms with Crippen LogP contribution in [0.2, 0.25) is 10.0 Å². The van der Waals surface area contributed by atoms with E-state index in [1.54, 1.807) is 18.2 Å². The number of hydrogen-bond acceptors (Lipinski definition) is 5. The number of benzene rings is 1. The van der Waals surface area contributed by atoms with Gasteiger partial charge in [0.05, 0.1) is 19.6 Å². The fourth-order valence-corrected chi connectivity index (χ4v) is 4.66. The quantitative estimate of drug-likeness (QED) is 0.656. The lowest BCUT2D eigenvalue weighted by atomic mass is 9.79. The van der Waals surface area contributed by atoms with Gasteiger partial charge in [0.1, 0.15) is 0 Å². The van der Waals surface area contributed by atoms with Gasteiger partial charge in [-0.25, -0.2) is 0 Å². The molecule has 1 saturated heterocycles. The Labute approximate surface area is 181 Å². The minimum atomic E-state index is -0.495. The third kappa shape index (κ3) is 6.32. The first kappa shape index (κ1) is 22.3. The van der Waals surface area contributed by atoms with E-state index in [0.717, 1.165) is 39.1 Å². The molecule has 6 nitrogen and oxygen atoms in total. The summed E-state index contributed by atoms with van der Waals surface area (Å²) in [6, 6.07) is 4.92. The van der Waals surface area contributed by atoms with Crippen LogP contribution in [0.1, 0.15) is 37.7 Å². The van der Waals surface area contributed by atoms with Crippen molar-refractivity contribution in [1.82, 2.24) is 10.2 Å². The third-order valence-corrected chi connectivity index (χ3v) is 6.38. The molecule has 0 aromatic heterocycles. The number of carbonyl (C=O) groups excluding carboxylic acids is 2. The lowest BCUT2D eigenvalue weighted by Crippen LogP contribution is -2.59. The van der Waals surface area contributed by atoms with E-state index in [1.807, 2.05) is 0 Å². The molecule has 8 heteroatoms. The number of carbonyl (C=O) groups is 2. The molecule has 1 amide bonds. The maximum atomic E-state index is 12.3. The molecule has 1 aromatic rings. The van der Waals surface area contributed by atoms with Gasteiger partial charge in [-0.15, -0.1) is 0 Å². The first-order valence-corrected chi connectivity index (χ1v) is 10.9. The molecule has 1 aliphatic heterocycles. The van der Waals surface area contributed by atoms with Gasteiger partial charge in [0.2, 0.25) is 0 Å². The molecular weight excluding hydrogens is 415 g/mol. The number of nitrogens with one attached hydrogen (secondary N) is 1. The number of morpholine rings is 1. The zero-order valence-electron chi connectivity index (χ0n) is 16.6. The van der Waals surface area contributed by atoms with Gasteiger partial charge in [-0.3, -0.25) is 14.5 Å². The topological polar surface area (TPSA) is 67.9 Å². The van der Waals surface area contributed by atoms with Gasteiger partial charge in [-0.1, -0.05) is 48.5 Å². The molecule has 1 aromatic carbocycles. The van der Waals surface area contributed by atoms with Crippen LogP contribution in [0.25, 0.3) is 0 Å². The highest BCUT2D eigenvalue weighted by Crippen LogP contribution is 2.33. The van der Waals surface area contributed by atoms with Crippen molar-refractivity contribution in [3.05, 3.63) is 33.8 Å². The molecule has 0 radical (unpaired) electrons. The van der Waals surface area contributed by atoms with Crippen molar-refractivity contribution in [3.8, 4) is 0 Å². The van der Waals surface area contributed by atoms with E-state index in [2.05, 4.69) is 10.2 Å². The van der Waals surface area contributed by atoms with Crippen LogP contribution >= 0.6 is 23.2 Å². The van der Waals surface area contributed by atoms with Gasteiger partial charge in [-0.2, -0.15) is 0 Å². The first-order chi connectivity index (χ1) is 14.0. The number of amides is 1.